The van der Waals surface area contributed by atoms with Crippen LogP contribution < -0.4 is 11.1 Å². The van der Waals surface area contributed by atoms with Crippen molar-refractivity contribution in [3.8, 4) is 0 Å². The third-order valence-corrected chi connectivity index (χ3v) is 3.90. The monoisotopic (exact) mass is 331 g/mol. The van der Waals surface area contributed by atoms with Gasteiger partial charge in [0.2, 0.25) is 11.9 Å². The molecule has 1 fully saturated rings. The van der Waals surface area contributed by atoms with E-state index in [-0.39, 0.29) is 17.9 Å². The number of fused-ring (bicyclic) bond motifs is 1. The van der Waals surface area contributed by atoms with Gasteiger partial charge in [-0.05, 0) is 39.3 Å². The Hall–Kier alpha value is -2.64. The van der Waals surface area contributed by atoms with Crippen LogP contribution in [0.4, 0.5) is 10.7 Å². The molecule has 1 aromatic rings. The molecule has 2 unspecified atom stereocenters. The van der Waals surface area contributed by atoms with Gasteiger partial charge in [-0.25, -0.2) is 19.7 Å². The van der Waals surface area contributed by atoms with E-state index in [1.807, 2.05) is 0 Å². The summed E-state index contributed by atoms with van der Waals surface area (Å²) in [7, 11) is 0. The fourth-order valence-corrected chi connectivity index (χ4v) is 2.87. The largest absolute Gasteiger partial charge is 0.443 e. The second-order valence-corrected chi connectivity index (χ2v) is 6.92. The SMILES string of the molecule is CC(C)(C)OC(=O)N1CCC2NC(c3ccnc(N)n3)=CC2C1=O. The van der Waals surface area contributed by atoms with Gasteiger partial charge in [0.15, 0.2) is 0 Å². The minimum atomic E-state index is -0.637. The summed E-state index contributed by atoms with van der Waals surface area (Å²) in [6.07, 6.45) is 3.41. The molecule has 1 saturated heterocycles. The van der Waals surface area contributed by atoms with Gasteiger partial charge in [0.25, 0.3) is 0 Å². The van der Waals surface area contributed by atoms with Crippen LogP contribution in [0, 0.1) is 5.92 Å². The summed E-state index contributed by atoms with van der Waals surface area (Å²) in [6.45, 7) is 5.65. The van der Waals surface area contributed by atoms with Crippen molar-refractivity contribution in [2.75, 3.05) is 12.3 Å². The molecule has 0 radical (unpaired) electrons. The number of nitrogen functional groups attached to an aromatic ring is 1. The summed E-state index contributed by atoms with van der Waals surface area (Å²) < 4.78 is 5.31. The normalized spacial score (nSPS) is 23.4. The van der Waals surface area contributed by atoms with E-state index in [9.17, 15) is 9.59 Å². The quantitative estimate of drug-likeness (QED) is 0.794. The molecule has 0 spiro atoms. The van der Waals surface area contributed by atoms with Crippen molar-refractivity contribution in [3.63, 3.8) is 0 Å². The van der Waals surface area contributed by atoms with E-state index in [4.69, 9.17) is 10.5 Å². The molecule has 0 saturated carbocycles. The molecule has 3 N–H and O–H groups in total. The molecule has 1 aromatic heterocycles. The van der Waals surface area contributed by atoms with Crippen molar-refractivity contribution < 1.29 is 14.3 Å². The minimum Gasteiger partial charge on any atom is -0.443 e. The molecule has 3 rings (SSSR count). The molecule has 3 heterocycles. The summed E-state index contributed by atoms with van der Waals surface area (Å²) in [4.78, 5) is 34.1. The number of amides is 2. The maximum absolute atomic E-state index is 12.7. The highest BCUT2D eigenvalue weighted by Crippen LogP contribution is 2.30. The van der Waals surface area contributed by atoms with Gasteiger partial charge < -0.3 is 15.8 Å². The van der Waals surface area contributed by atoms with E-state index < -0.39 is 17.6 Å². The van der Waals surface area contributed by atoms with Crippen LogP contribution in [0.1, 0.15) is 32.9 Å². The van der Waals surface area contributed by atoms with Gasteiger partial charge in [-0.2, -0.15) is 0 Å². The lowest BCUT2D eigenvalue weighted by Gasteiger charge is -2.34. The molecule has 2 aliphatic heterocycles. The van der Waals surface area contributed by atoms with E-state index >= 15 is 0 Å². The number of likely N-dealkylation sites (tertiary alicyclic amines) is 1. The average molecular weight is 331 g/mol. The molecule has 2 atom stereocenters. The van der Waals surface area contributed by atoms with E-state index in [1.165, 1.54) is 4.90 Å². The number of nitrogens with zero attached hydrogens (tertiary/aromatic N) is 3. The zero-order valence-electron chi connectivity index (χ0n) is 13.9. The van der Waals surface area contributed by atoms with Crippen LogP contribution in [0.3, 0.4) is 0 Å². The van der Waals surface area contributed by atoms with Gasteiger partial charge >= 0.3 is 6.09 Å². The molecular weight excluding hydrogens is 310 g/mol. The Morgan fingerprint density at radius 2 is 2.21 bits per heavy atom. The van der Waals surface area contributed by atoms with E-state index in [2.05, 4.69) is 15.3 Å². The van der Waals surface area contributed by atoms with E-state index in [0.29, 0.717) is 18.7 Å². The molecule has 0 aromatic carbocycles. The lowest BCUT2D eigenvalue weighted by Crippen LogP contribution is -2.52. The highest BCUT2D eigenvalue weighted by molar-refractivity contribution is 5.97. The molecule has 24 heavy (non-hydrogen) atoms. The molecule has 8 heteroatoms. The summed E-state index contributed by atoms with van der Waals surface area (Å²) in [5.41, 5.74) is 6.34. The van der Waals surface area contributed by atoms with Crippen molar-refractivity contribution in [2.45, 2.75) is 38.8 Å². The molecule has 2 aliphatic rings. The lowest BCUT2D eigenvalue weighted by atomic mass is 9.94. The van der Waals surface area contributed by atoms with Crippen LogP contribution in [0.25, 0.3) is 5.70 Å². The van der Waals surface area contributed by atoms with Crippen molar-refractivity contribution in [1.82, 2.24) is 20.2 Å². The third-order valence-electron chi connectivity index (χ3n) is 3.90. The van der Waals surface area contributed by atoms with Crippen LogP contribution >= 0.6 is 0 Å². The predicted octanol–water partition coefficient (Wildman–Crippen LogP) is 1.16. The van der Waals surface area contributed by atoms with Crippen LogP contribution in [0.5, 0.6) is 0 Å². The third kappa shape index (κ3) is 3.17. The topological polar surface area (TPSA) is 110 Å². The first-order chi connectivity index (χ1) is 11.2. The average Bonchev–Trinajstić information content (AvgIpc) is 2.90. The standard InChI is InChI=1S/C16H21N5O3/c1-16(2,3)24-15(23)21-7-5-10-9(13(21)22)8-12(19-10)11-4-6-18-14(17)20-11/h4,6,8-10,19H,5,7H2,1-3H3,(H2,17,18,20). The Kier molecular flexibility index (Phi) is 3.90. The maximum atomic E-state index is 12.7. The second kappa shape index (κ2) is 5.77. The van der Waals surface area contributed by atoms with Gasteiger partial charge in [0.05, 0.1) is 17.3 Å². The zero-order valence-corrected chi connectivity index (χ0v) is 13.9. The Morgan fingerprint density at radius 3 is 2.88 bits per heavy atom. The van der Waals surface area contributed by atoms with Crippen LogP contribution in [-0.2, 0) is 9.53 Å². The first-order valence-electron chi connectivity index (χ1n) is 7.86. The van der Waals surface area contributed by atoms with Crippen molar-refractivity contribution >= 4 is 23.6 Å². The van der Waals surface area contributed by atoms with Crippen molar-refractivity contribution in [1.29, 1.82) is 0 Å². The van der Waals surface area contributed by atoms with E-state index in [1.54, 1.807) is 39.1 Å². The van der Waals surface area contributed by atoms with E-state index in [0.717, 1.165) is 5.70 Å². The van der Waals surface area contributed by atoms with Crippen LogP contribution in [0.15, 0.2) is 18.3 Å². The maximum Gasteiger partial charge on any atom is 0.417 e. The zero-order chi connectivity index (χ0) is 17.5. The first kappa shape index (κ1) is 16.2. The van der Waals surface area contributed by atoms with Gasteiger partial charge in [-0.15, -0.1) is 0 Å². The summed E-state index contributed by atoms with van der Waals surface area (Å²) in [5.74, 6) is -0.505. The molecule has 128 valence electrons. The predicted molar refractivity (Wildman–Crippen MR) is 87.4 cm³/mol. The number of hydrogen-bond acceptors (Lipinski definition) is 7. The fraction of sp³-hybridized carbons (Fsp3) is 0.500. The molecule has 2 amide bonds. The smallest absolute Gasteiger partial charge is 0.417 e. The number of nitrogens with one attached hydrogen (secondary N) is 1. The van der Waals surface area contributed by atoms with Gasteiger partial charge in [0.1, 0.15) is 5.60 Å². The van der Waals surface area contributed by atoms with Gasteiger partial charge in [-0.1, -0.05) is 0 Å². The molecule has 0 aliphatic carbocycles. The lowest BCUT2D eigenvalue weighted by molar-refractivity contribution is -0.136. The molecular formula is C16H21N5O3. The minimum absolute atomic E-state index is 0.0534. The molecule has 8 nitrogen and oxygen atoms in total. The number of anilines is 1. The Bertz CT molecular complexity index is 710. The summed E-state index contributed by atoms with van der Waals surface area (Å²) in [6, 6.07) is 1.67. The number of carbonyl (C=O) groups is 2. The number of carbonyl (C=O) groups excluding carboxylic acids is 2. The number of piperidine rings is 1. The number of ether oxygens (including phenoxy) is 1. The number of hydrogen-bond donors (Lipinski definition) is 2. The Morgan fingerprint density at radius 1 is 1.46 bits per heavy atom. The van der Waals surface area contributed by atoms with Crippen LogP contribution in [-0.4, -0.2) is 45.1 Å². The Balaban J connectivity index is 1.78. The number of imide groups is 1. The first-order valence-corrected chi connectivity index (χ1v) is 7.86. The summed E-state index contributed by atoms with van der Waals surface area (Å²) in [5, 5.41) is 3.29. The Labute approximate surface area is 140 Å². The number of nitrogens with two attached hydrogens (primary N) is 1. The fourth-order valence-electron chi connectivity index (χ4n) is 2.87. The second-order valence-electron chi connectivity index (χ2n) is 6.92. The number of rotatable bonds is 1. The van der Waals surface area contributed by atoms with Gasteiger partial charge in [-0.3, -0.25) is 4.79 Å². The van der Waals surface area contributed by atoms with Crippen LogP contribution in [0.2, 0.25) is 0 Å². The number of aromatic nitrogens is 2. The van der Waals surface area contributed by atoms with Crippen molar-refractivity contribution in [2.24, 2.45) is 5.92 Å². The summed E-state index contributed by atoms with van der Waals surface area (Å²) >= 11 is 0. The highest BCUT2D eigenvalue weighted by Gasteiger charge is 2.43. The highest BCUT2D eigenvalue weighted by atomic mass is 16.6. The van der Waals surface area contributed by atoms with Gasteiger partial charge in [0, 0.05) is 18.8 Å². The molecule has 0 bridgehead atoms. The van der Waals surface area contributed by atoms with Crippen molar-refractivity contribution in [3.05, 3.63) is 24.0 Å².